The van der Waals surface area contributed by atoms with Crippen LogP contribution in [0, 0.1) is 12.7 Å². The van der Waals surface area contributed by atoms with Crippen molar-refractivity contribution in [1.82, 2.24) is 4.98 Å². The Morgan fingerprint density at radius 2 is 1.72 bits per heavy atom. The molecule has 0 bridgehead atoms. The second-order valence-corrected chi connectivity index (χ2v) is 6.92. The van der Waals surface area contributed by atoms with Gasteiger partial charge in [0.05, 0.1) is 0 Å². The molecule has 2 aromatic carbocycles. The number of carboxylic acid groups (broad SMARTS) is 1. The summed E-state index contributed by atoms with van der Waals surface area (Å²) in [7, 11) is 0. The highest BCUT2D eigenvalue weighted by atomic mass is 32.2. The molecule has 1 heterocycles. The maximum Gasteiger partial charge on any atom is 0.316 e. The summed E-state index contributed by atoms with van der Waals surface area (Å²) in [6.07, 6.45) is 0. The number of hydrogen-bond donors (Lipinski definition) is 1. The van der Waals surface area contributed by atoms with Crippen LogP contribution in [0.2, 0.25) is 0 Å². The molecule has 0 aliphatic heterocycles. The summed E-state index contributed by atoms with van der Waals surface area (Å²) in [4.78, 5) is 15.5. The van der Waals surface area contributed by atoms with Crippen molar-refractivity contribution < 1.29 is 18.7 Å². The van der Waals surface area contributed by atoms with E-state index in [0.29, 0.717) is 17.0 Å². The molecule has 6 heteroatoms. The van der Waals surface area contributed by atoms with Crippen molar-refractivity contribution in [3.05, 3.63) is 59.9 Å². The number of aliphatic carboxylic acids is 1. The normalized spacial score (nSPS) is 12.1. The van der Waals surface area contributed by atoms with Crippen LogP contribution in [0.1, 0.15) is 12.5 Å². The van der Waals surface area contributed by atoms with Gasteiger partial charge in [-0.2, -0.15) is 0 Å². The van der Waals surface area contributed by atoms with E-state index in [1.807, 2.05) is 31.2 Å². The maximum atomic E-state index is 13.2. The first kappa shape index (κ1) is 17.2. The quantitative estimate of drug-likeness (QED) is 0.650. The molecule has 1 atom stereocenters. The van der Waals surface area contributed by atoms with Gasteiger partial charge >= 0.3 is 5.97 Å². The fourth-order valence-electron chi connectivity index (χ4n) is 2.26. The van der Waals surface area contributed by atoms with Crippen LogP contribution in [-0.4, -0.2) is 21.3 Å². The van der Waals surface area contributed by atoms with Crippen molar-refractivity contribution in [2.75, 3.05) is 0 Å². The summed E-state index contributed by atoms with van der Waals surface area (Å²) in [6.45, 7) is 3.56. The van der Waals surface area contributed by atoms with E-state index in [0.717, 1.165) is 22.9 Å². The van der Waals surface area contributed by atoms with Crippen LogP contribution in [0.4, 0.5) is 4.39 Å². The first-order chi connectivity index (χ1) is 11.9. The van der Waals surface area contributed by atoms with Crippen molar-refractivity contribution in [3.63, 3.8) is 0 Å². The van der Waals surface area contributed by atoms with E-state index in [1.54, 1.807) is 19.1 Å². The molecule has 0 fully saturated rings. The van der Waals surface area contributed by atoms with Crippen LogP contribution in [0.3, 0.4) is 0 Å². The van der Waals surface area contributed by atoms with Gasteiger partial charge < -0.3 is 9.52 Å². The van der Waals surface area contributed by atoms with Crippen molar-refractivity contribution >= 4 is 17.7 Å². The molecule has 1 aromatic heterocycles. The number of oxazole rings is 1. The second kappa shape index (κ2) is 7.11. The monoisotopic (exact) mass is 357 g/mol. The number of carboxylic acids is 1. The molecule has 25 heavy (non-hydrogen) atoms. The van der Waals surface area contributed by atoms with Gasteiger partial charge in [-0.1, -0.05) is 41.6 Å². The van der Waals surface area contributed by atoms with Crippen LogP contribution < -0.4 is 0 Å². The number of thioether (sulfide) groups is 1. The van der Waals surface area contributed by atoms with Crippen LogP contribution in [-0.2, 0) is 4.79 Å². The molecule has 0 radical (unpaired) electrons. The van der Waals surface area contributed by atoms with E-state index in [-0.39, 0.29) is 11.0 Å². The molecule has 0 spiro atoms. The summed E-state index contributed by atoms with van der Waals surface area (Å²) < 4.78 is 19.0. The van der Waals surface area contributed by atoms with Gasteiger partial charge in [0, 0.05) is 11.1 Å². The Balaban J connectivity index is 2.07. The van der Waals surface area contributed by atoms with E-state index in [9.17, 15) is 9.18 Å². The van der Waals surface area contributed by atoms with Gasteiger partial charge in [0.2, 0.25) is 0 Å². The van der Waals surface area contributed by atoms with Gasteiger partial charge in [-0.05, 0) is 38.1 Å². The Morgan fingerprint density at radius 1 is 1.12 bits per heavy atom. The van der Waals surface area contributed by atoms with Gasteiger partial charge in [0.1, 0.15) is 16.8 Å². The fourth-order valence-corrected chi connectivity index (χ4v) is 2.94. The van der Waals surface area contributed by atoms with E-state index in [2.05, 4.69) is 4.98 Å². The standard InChI is InChI=1S/C19H16FNO3S/c1-11-3-5-13(6-4-11)16-17(14-7-9-15(20)10-8-14)24-19(21-16)25-12(2)18(22)23/h3-10,12H,1-2H3,(H,22,23). The highest BCUT2D eigenvalue weighted by Gasteiger charge is 2.21. The molecular formula is C19H16FNO3S. The number of benzene rings is 2. The minimum atomic E-state index is -0.941. The summed E-state index contributed by atoms with van der Waals surface area (Å²) in [5, 5.41) is 8.66. The Bertz CT molecular complexity index is 825. The van der Waals surface area contributed by atoms with Crippen molar-refractivity contribution in [3.8, 4) is 22.6 Å². The predicted octanol–water partition coefficient (Wildman–Crippen LogP) is 5.02. The van der Waals surface area contributed by atoms with Gasteiger partial charge in [0.15, 0.2) is 5.76 Å². The predicted molar refractivity (Wildman–Crippen MR) is 95.0 cm³/mol. The summed E-state index contributed by atoms with van der Waals surface area (Å²) >= 11 is 1.03. The van der Waals surface area contributed by atoms with E-state index >= 15 is 0 Å². The third-order valence-electron chi connectivity index (χ3n) is 3.66. The topological polar surface area (TPSA) is 63.3 Å². The number of aryl methyl sites for hydroxylation is 1. The Morgan fingerprint density at radius 3 is 2.32 bits per heavy atom. The van der Waals surface area contributed by atoms with E-state index in [1.165, 1.54) is 12.1 Å². The van der Waals surface area contributed by atoms with Crippen molar-refractivity contribution in [2.24, 2.45) is 0 Å². The highest BCUT2D eigenvalue weighted by Crippen LogP contribution is 2.36. The molecule has 0 aliphatic carbocycles. The molecule has 0 aliphatic rings. The molecule has 1 N–H and O–H groups in total. The Kier molecular flexibility index (Phi) is 4.90. The maximum absolute atomic E-state index is 13.2. The minimum absolute atomic E-state index is 0.268. The molecular weight excluding hydrogens is 341 g/mol. The number of rotatable bonds is 5. The Hall–Kier alpha value is -2.60. The average Bonchev–Trinajstić information content (AvgIpc) is 3.00. The van der Waals surface area contributed by atoms with Gasteiger partial charge in [-0.15, -0.1) is 0 Å². The number of nitrogens with zero attached hydrogens (tertiary/aromatic N) is 1. The molecule has 3 aromatic rings. The molecule has 128 valence electrons. The lowest BCUT2D eigenvalue weighted by Crippen LogP contribution is -2.10. The summed E-state index contributed by atoms with van der Waals surface area (Å²) in [6, 6.07) is 13.7. The third-order valence-corrected chi connectivity index (χ3v) is 4.60. The first-order valence-corrected chi connectivity index (χ1v) is 8.55. The lowest BCUT2D eigenvalue weighted by atomic mass is 10.0. The van der Waals surface area contributed by atoms with Crippen LogP contribution in [0.25, 0.3) is 22.6 Å². The Labute approximate surface area is 148 Å². The minimum Gasteiger partial charge on any atom is -0.480 e. The SMILES string of the molecule is Cc1ccc(-c2nc(SC(C)C(=O)O)oc2-c2ccc(F)cc2)cc1. The smallest absolute Gasteiger partial charge is 0.316 e. The first-order valence-electron chi connectivity index (χ1n) is 7.67. The summed E-state index contributed by atoms with van der Waals surface area (Å²) in [5.41, 5.74) is 3.25. The summed E-state index contributed by atoms with van der Waals surface area (Å²) in [5.74, 6) is -0.790. The number of aromatic nitrogens is 1. The zero-order valence-electron chi connectivity index (χ0n) is 13.7. The van der Waals surface area contributed by atoms with Crippen molar-refractivity contribution in [1.29, 1.82) is 0 Å². The molecule has 1 unspecified atom stereocenters. The van der Waals surface area contributed by atoms with Crippen LogP contribution >= 0.6 is 11.8 Å². The second-order valence-electron chi connectivity index (χ2n) is 5.63. The lowest BCUT2D eigenvalue weighted by Gasteiger charge is -2.02. The largest absolute Gasteiger partial charge is 0.480 e. The number of carbonyl (C=O) groups is 1. The van der Waals surface area contributed by atoms with Gasteiger partial charge in [-0.25, -0.2) is 9.37 Å². The molecule has 3 rings (SSSR count). The molecule has 4 nitrogen and oxygen atoms in total. The highest BCUT2D eigenvalue weighted by molar-refractivity contribution is 8.00. The van der Waals surface area contributed by atoms with E-state index < -0.39 is 11.2 Å². The van der Waals surface area contributed by atoms with Crippen LogP contribution in [0.15, 0.2) is 58.2 Å². The molecule has 0 saturated heterocycles. The average molecular weight is 357 g/mol. The third kappa shape index (κ3) is 3.91. The van der Waals surface area contributed by atoms with E-state index in [4.69, 9.17) is 9.52 Å². The van der Waals surface area contributed by atoms with Gasteiger partial charge in [-0.3, -0.25) is 4.79 Å². The lowest BCUT2D eigenvalue weighted by molar-refractivity contribution is -0.136. The van der Waals surface area contributed by atoms with Crippen LogP contribution in [0.5, 0.6) is 0 Å². The molecule has 0 saturated carbocycles. The number of hydrogen-bond acceptors (Lipinski definition) is 4. The zero-order chi connectivity index (χ0) is 18.0. The molecule has 0 amide bonds. The fraction of sp³-hybridized carbons (Fsp3) is 0.158. The van der Waals surface area contributed by atoms with Crippen molar-refractivity contribution in [2.45, 2.75) is 24.3 Å². The van der Waals surface area contributed by atoms with Gasteiger partial charge in [0.25, 0.3) is 5.22 Å². The number of halogens is 1. The zero-order valence-corrected chi connectivity index (χ0v) is 14.5.